The molecule has 0 amide bonds. The number of carbonyl (C=O) groups is 1. The van der Waals surface area contributed by atoms with E-state index in [4.69, 9.17) is 4.74 Å². The first-order chi connectivity index (χ1) is 7.56. The van der Waals surface area contributed by atoms with E-state index in [-0.39, 0.29) is 5.82 Å². The van der Waals surface area contributed by atoms with E-state index in [1.54, 1.807) is 32.0 Å². The normalized spacial score (nSPS) is 11.4. The number of hydrogen-bond donors (Lipinski definition) is 0. The second kappa shape index (κ2) is 5.80. The van der Waals surface area contributed by atoms with Crippen molar-refractivity contribution >= 4 is 28.0 Å². The van der Waals surface area contributed by atoms with E-state index in [0.29, 0.717) is 22.2 Å². The van der Waals surface area contributed by atoms with Gasteiger partial charge < -0.3 is 4.74 Å². The molecule has 16 heavy (non-hydrogen) atoms. The zero-order chi connectivity index (χ0) is 12.1. The van der Waals surface area contributed by atoms with Crippen molar-refractivity contribution in [2.45, 2.75) is 13.8 Å². The van der Waals surface area contributed by atoms with Crippen LogP contribution in [0.25, 0.3) is 6.08 Å². The van der Waals surface area contributed by atoms with Crippen molar-refractivity contribution in [2.75, 3.05) is 6.61 Å². The summed E-state index contributed by atoms with van der Waals surface area (Å²) in [5.41, 5.74) is 0.735. The van der Waals surface area contributed by atoms with Crippen molar-refractivity contribution in [3.63, 3.8) is 0 Å². The minimum atomic E-state index is -0.429. The second-order valence-corrected chi connectivity index (χ2v) is 4.05. The second-order valence-electron chi connectivity index (χ2n) is 3.19. The van der Waals surface area contributed by atoms with Crippen LogP contribution in [0.1, 0.15) is 19.4 Å². The fraction of sp³-hybridized carbons (Fsp3) is 0.250. The van der Waals surface area contributed by atoms with E-state index < -0.39 is 5.97 Å². The van der Waals surface area contributed by atoms with Crippen LogP contribution in [0.15, 0.2) is 28.2 Å². The molecule has 0 bridgehead atoms. The van der Waals surface area contributed by atoms with Gasteiger partial charge in [-0.15, -0.1) is 0 Å². The predicted molar refractivity (Wildman–Crippen MR) is 64.4 cm³/mol. The van der Waals surface area contributed by atoms with Gasteiger partial charge in [0.15, 0.2) is 0 Å². The van der Waals surface area contributed by atoms with Crippen LogP contribution in [0.4, 0.5) is 4.39 Å². The average molecular weight is 287 g/mol. The molecule has 0 heterocycles. The maximum absolute atomic E-state index is 13.6. The summed E-state index contributed by atoms with van der Waals surface area (Å²) in [6.07, 6.45) is 1.47. The maximum Gasteiger partial charge on any atom is 0.333 e. The Morgan fingerprint density at radius 3 is 2.88 bits per heavy atom. The summed E-state index contributed by atoms with van der Waals surface area (Å²) in [6, 6.07) is 4.91. The van der Waals surface area contributed by atoms with Gasteiger partial charge in [0.25, 0.3) is 0 Å². The topological polar surface area (TPSA) is 26.3 Å². The molecule has 0 unspecified atom stereocenters. The SMILES string of the molecule is CCOC(=O)/C(C)=C/c1cccc(Br)c1F. The molecule has 1 rings (SSSR count). The molecule has 0 aliphatic carbocycles. The molecular formula is C12H12BrFO2. The van der Waals surface area contributed by atoms with Gasteiger partial charge in [0.1, 0.15) is 5.82 Å². The number of carbonyl (C=O) groups excluding carboxylic acids is 1. The van der Waals surface area contributed by atoms with Gasteiger partial charge in [-0.1, -0.05) is 12.1 Å². The van der Waals surface area contributed by atoms with Crippen LogP contribution < -0.4 is 0 Å². The van der Waals surface area contributed by atoms with Gasteiger partial charge in [-0.25, -0.2) is 9.18 Å². The highest BCUT2D eigenvalue weighted by Crippen LogP contribution is 2.20. The lowest BCUT2D eigenvalue weighted by molar-refractivity contribution is -0.138. The van der Waals surface area contributed by atoms with Gasteiger partial charge in [-0.3, -0.25) is 0 Å². The van der Waals surface area contributed by atoms with Crippen LogP contribution in [0, 0.1) is 5.82 Å². The van der Waals surface area contributed by atoms with Gasteiger partial charge in [0, 0.05) is 11.1 Å². The number of ether oxygens (including phenoxy) is 1. The summed E-state index contributed by atoms with van der Waals surface area (Å²) < 4.78 is 18.7. The Morgan fingerprint density at radius 2 is 2.25 bits per heavy atom. The van der Waals surface area contributed by atoms with Crippen molar-refractivity contribution in [3.8, 4) is 0 Å². The molecule has 1 aromatic carbocycles. The van der Waals surface area contributed by atoms with E-state index in [9.17, 15) is 9.18 Å². The molecule has 0 aliphatic heterocycles. The first kappa shape index (κ1) is 12.9. The highest BCUT2D eigenvalue weighted by atomic mass is 79.9. The number of halogens is 2. The minimum absolute atomic E-state index is 0.310. The number of benzene rings is 1. The molecular weight excluding hydrogens is 275 g/mol. The van der Waals surface area contributed by atoms with Crippen LogP contribution in [0.3, 0.4) is 0 Å². The monoisotopic (exact) mass is 286 g/mol. The first-order valence-electron chi connectivity index (χ1n) is 4.85. The quantitative estimate of drug-likeness (QED) is 0.627. The number of esters is 1. The summed E-state index contributed by atoms with van der Waals surface area (Å²) in [5, 5.41) is 0. The minimum Gasteiger partial charge on any atom is -0.463 e. The third-order valence-electron chi connectivity index (χ3n) is 1.95. The third-order valence-corrected chi connectivity index (χ3v) is 2.56. The van der Waals surface area contributed by atoms with Gasteiger partial charge in [-0.2, -0.15) is 0 Å². The van der Waals surface area contributed by atoms with Gasteiger partial charge >= 0.3 is 5.97 Å². The van der Waals surface area contributed by atoms with E-state index in [1.165, 1.54) is 6.08 Å². The largest absolute Gasteiger partial charge is 0.463 e. The Bertz CT molecular complexity index is 427. The lowest BCUT2D eigenvalue weighted by Gasteiger charge is -2.03. The molecule has 0 atom stereocenters. The Balaban J connectivity index is 2.98. The zero-order valence-corrected chi connectivity index (χ0v) is 10.7. The summed E-state index contributed by atoms with van der Waals surface area (Å²) in [7, 11) is 0. The molecule has 0 aromatic heterocycles. The average Bonchev–Trinajstić information content (AvgIpc) is 2.25. The lowest BCUT2D eigenvalue weighted by Crippen LogP contribution is -2.05. The Labute approximate surface area is 102 Å². The van der Waals surface area contributed by atoms with Crippen LogP contribution in [-0.4, -0.2) is 12.6 Å². The van der Waals surface area contributed by atoms with Crippen molar-refractivity contribution in [3.05, 3.63) is 39.6 Å². The number of hydrogen-bond acceptors (Lipinski definition) is 2. The zero-order valence-electron chi connectivity index (χ0n) is 9.09. The Kier molecular flexibility index (Phi) is 4.68. The van der Waals surface area contributed by atoms with Crippen molar-refractivity contribution in [1.29, 1.82) is 0 Å². The molecule has 0 N–H and O–H groups in total. The van der Waals surface area contributed by atoms with Crippen LogP contribution in [-0.2, 0) is 9.53 Å². The molecule has 0 aliphatic rings. The molecule has 0 fully saturated rings. The summed E-state index contributed by atoms with van der Waals surface area (Å²) in [5.74, 6) is -0.812. The highest BCUT2D eigenvalue weighted by Gasteiger charge is 2.08. The Hall–Kier alpha value is -1.16. The van der Waals surface area contributed by atoms with Crippen molar-refractivity contribution in [1.82, 2.24) is 0 Å². The molecule has 1 aromatic rings. The molecule has 0 spiro atoms. The van der Waals surface area contributed by atoms with Gasteiger partial charge in [0.05, 0.1) is 11.1 Å². The van der Waals surface area contributed by atoms with E-state index >= 15 is 0 Å². The van der Waals surface area contributed by atoms with E-state index in [1.807, 2.05) is 0 Å². The van der Waals surface area contributed by atoms with E-state index in [0.717, 1.165) is 0 Å². The van der Waals surface area contributed by atoms with Crippen LogP contribution in [0.5, 0.6) is 0 Å². The third kappa shape index (κ3) is 3.17. The first-order valence-corrected chi connectivity index (χ1v) is 5.65. The molecule has 0 saturated heterocycles. The van der Waals surface area contributed by atoms with Crippen molar-refractivity contribution < 1.29 is 13.9 Å². The fourth-order valence-corrected chi connectivity index (χ4v) is 1.55. The number of rotatable bonds is 3. The van der Waals surface area contributed by atoms with Gasteiger partial charge in [0.2, 0.25) is 0 Å². The molecule has 86 valence electrons. The summed E-state index contributed by atoms with van der Waals surface area (Å²) in [6.45, 7) is 3.63. The molecule has 0 saturated carbocycles. The molecule has 2 nitrogen and oxygen atoms in total. The van der Waals surface area contributed by atoms with E-state index in [2.05, 4.69) is 15.9 Å². The lowest BCUT2D eigenvalue weighted by atomic mass is 10.1. The van der Waals surface area contributed by atoms with Crippen LogP contribution in [0.2, 0.25) is 0 Å². The Morgan fingerprint density at radius 1 is 1.56 bits per heavy atom. The van der Waals surface area contributed by atoms with Crippen LogP contribution >= 0.6 is 15.9 Å². The molecule has 4 heteroatoms. The highest BCUT2D eigenvalue weighted by molar-refractivity contribution is 9.10. The van der Waals surface area contributed by atoms with Gasteiger partial charge in [-0.05, 0) is 41.9 Å². The van der Waals surface area contributed by atoms with Crippen molar-refractivity contribution in [2.24, 2.45) is 0 Å². The maximum atomic E-state index is 13.6. The fourth-order valence-electron chi connectivity index (χ4n) is 1.17. The summed E-state index contributed by atoms with van der Waals surface area (Å²) >= 11 is 3.08. The molecule has 0 radical (unpaired) electrons. The predicted octanol–water partition coefficient (Wildman–Crippen LogP) is 3.55. The smallest absolute Gasteiger partial charge is 0.333 e. The standard InChI is InChI=1S/C12H12BrFO2/c1-3-16-12(15)8(2)7-9-5-4-6-10(13)11(9)14/h4-7H,3H2,1-2H3/b8-7+. The summed E-state index contributed by atoms with van der Waals surface area (Å²) in [4.78, 5) is 11.3.